The normalized spacial score (nSPS) is 25.1. The van der Waals surface area contributed by atoms with Crippen LogP contribution in [-0.4, -0.2) is 38.8 Å². The first-order chi connectivity index (χ1) is 15.9. The van der Waals surface area contributed by atoms with E-state index in [0.29, 0.717) is 18.4 Å². The van der Waals surface area contributed by atoms with Gasteiger partial charge in [-0.25, -0.2) is 4.98 Å². The molecule has 7 heteroatoms. The van der Waals surface area contributed by atoms with Crippen molar-refractivity contribution in [2.24, 2.45) is 11.3 Å². The average Bonchev–Trinajstić information content (AvgIpc) is 3.18. The highest BCUT2D eigenvalue weighted by Gasteiger charge is 2.45. The number of aliphatic hydroxyl groups is 2. The number of esters is 1. The van der Waals surface area contributed by atoms with Crippen LogP contribution in [0, 0.1) is 18.3 Å². The van der Waals surface area contributed by atoms with E-state index in [1.54, 1.807) is 45.1 Å². The first kappa shape index (κ1) is 28.1. The Kier molecular flexibility index (Phi) is 9.97. The lowest BCUT2D eigenvalue weighted by Gasteiger charge is -2.36. The summed E-state index contributed by atoms with van der Waals surface area (Å²) in [6.45, 7) is 10.9. The molecule has 0 amide bonds. The zero-order valence-electron chi connectivity index (χ0n) is 21.3. The highest BCUT2D eigenvalue weighted by Crippen LogP contribution is 2.36. The van der Waals surface area contributed by atoms with Gasteiger partial charge in [0.25, 0.3) is 0 Å². The van der Waals surface area contributed by atoms with Gasteiger partial charge >= 0.3 is 5.97 Å². The number of allylic oxidation sites excluding steroid dienone is 2. The molecule has 0 spiro atoms. The molecule has 0 aromatic carbocycles. The molecule has 1 aromatic rings. The van der Waals surface area contributed by atoms with Gasteiger partial charge < -0.3 is 14.9 Å². The third kappa shape index (κ3) is 7.72. The Morgan fingerprint density at radius 3 is 2.50 bits per heavy atom. The zero-order chi connectivity index (χ0) is 25.5. The molecule has 2 rings (SSSR count). The summed E-state index contributed by atoms with van der Waals surface area (Å²) in [4.78, 5) is 30.4. The Labute approximate surface area is 207 Å². The number of aryl methyl sites for hydroxylation is 1. The Bertz CT molecular complexity index is 954. The van der Waals surface area contributed by atoms with E-state index in [1.165, 1.54) is 0 Å². The second-order valence-electron chi connectivity index (χ2n) is 9.83. The molecule has 188 valence electrons. The van der Waals surface area contributed by atoms with Gasteiger partial charge in [-0.05, 0) is 64.2 Å². The Balaban J connectivity index is 2.32. The van der Waals surface area contributed by atoms with Crippen LogP contribution in [0.15, 0.2) is 34.8 Å². The molecule has 6 nitrogen and oxygen atoms in total. The van der Waals surface area contributed by atoms with Crippen molar-refractivity contribution in [3.63, 3.8) is 0 Å². The molecule has 1 aliphatic rings. The maximum absolute atomic E-state index is 13.3. The largest absolute Gasteiger partial charge is 0.458 e. The van der Waals surface area contributed by atoms with E-state index in [0.717, 1.165) is 22.7 Å². The van der Waals surface area contributed by atoms with Crippen LogP contribution in [0.25, 0.3) is 6.08 Å². The summed E-state index contributed by atoms with van der Waals surface area (Å²) in [6, 6.07) is 0. The summed E-state index contributed by atoms with van der Waals surface area (Å²) < 4.78 is 5.75. The van der Waals surface area contributed by atoms with E-state index in [4.69, 9.17) is 4.74 Å². The summed E-state index contributed by atoms with van der Waals surface area (Å²) in [7, 11) is 0. The molecule has 0 fully saturated rings. The summed E-state index contributed by atoms with van der Waals surface area (Å²) in [5.74, 6) is -3.84. The van der Waals surface area contributed by atoms with Gasteiger partial charge in [0.2, 0.25) is 0 Å². The highest BCUT2D eigenvalue weighted by molar-refractivity contribution is 7.09. The molecule has 0 aliphatic carbocycles. The maximum Gasteiger partial charge on any atom is 0.306 e. The number of thiazole rings is 1. The number of carbonyl (C=O) groups excluding carboxylic acids is 2. The smallest absolute Gasteiger partial charge is 0.306 e. The van der Waals surface area contributed by atoms with Crippen molar-refractivity contribution in [2.45, 2.75) is 92.0 Å². The second-order valence-corrected chi connectivity index (χ2v) is 10.9. The standard InChI is InChI=1S/C27H39NO5S/c1-7-23-25(30)26(5,6)16-15-24(29)33-22(14-12-21-17-34-20(4)28-21)13-11-18(2)9-8-10-19(3)27(23,31)32/h10-12,14,17,22-23,31-32H,7-9,13,15-16H2,1-6H3. The fraction of sp³-hybridized carbons (Fsp3) is 0.593. The number of hydrogen-bond acceptors (Lipinski definition) is 7. The number of hydrogen-bond donors (Lipinski definition) is 2. The molecule has 34 heavy (non-hydrogen) atoms. The fourth-order valence-corrected chi connectivity index (χ4v) is 4.66. The van der Waals surface area contributed by atoms with Gasteiger partial charge in [-0.15, -0.1) is 11.3 Å². The SMILES string of the molecule is CCC1C(=O)C(C)(C)CCC(=O)OC(C=Cc2csc(C)n2)CC=C(C)CCC=C(C)C1(O)O. The van der Waals surface area contributed by atoms with Crippen LogP contribution in [-0.2, 0) is 14.3 Å². The fourth-order valence-electron chi connectivity index (χ4n) is 4.08. The minimum Gasteiger partial charge on any atom is -0.458 e. The number of cyclic esters (lactones) is 1. The highest BCUT2D eigenvalue weighted by atomic mass is 32.1. The quantitative estimate of drug-likeness (QED) is 0.329. The van der Waals surface area contributed by atoms with Crippen molar-refractivity contribution in [2.75, 3.05) is 0 Å². The van der Waals surface area contributed by atoms with Crippen molar-refractivity contribution in [1.29, 1.82) is 0 Å². The monoisotopic (exact) mass is 489 g/mol. The molecule has 2 N–H and O–H groups in total. The van der Waals surface area contributed by atoms with Crippen molar-refractivity contribution in [3.05, 3.63) is 45.5 Å². The van der Waals surface area contributed by atoms with Crippen LogP contribution in [0.2, 0.25) is 0 Å². The second kappa shape index (κ2) is 12.0. The molecular weight excluding hydrogens is 450 g/mol. The molecule has 1 aliphatic heterocycles. The molecule has 2 atom stereocenters. The van der Waals surface area contributed by atoms with E-state index >= 15 is 0 Å². The van der Waals surface area contributed by atoms with E-state index in [1.807, 2.05) is 31.4 Å². The molecule has 0 saturated carbocycles. The lowest BCUT2D eigenvalue weighted by atomic mass is 9.73. The van der Waals surface area contributed by atoms with Crippen molar-refractivity contribution >= 4 is 29.2 Å². The molecule has 2 unspecified atom stereocenters. The number of aromatic nitrogens is 1. The summed E-state index contributed by atoms with van der Waals surface area (Å²) in [5, 5.41) is 24.7. The molecular formula is C27H39NO5S. The first-order valence-corrected chi connectivity index (χ1v) is 12.9. The van der Waals surface area contributed by atoms with Crippen LogP contribution in [0.5, 0.6) is 0 Å². The van der Waals surface area contributed by atoms with E-state index < -0.39 is 23.2 Å². The number of nitrogens with zero attached hydrogens (tertiary/aromatic N) is 1. The Hall–Kier alpha value is -2.09. The number of ether oxygens (including phenoxy) is 1. The number of ketones is 1. The van der Waals surface area contributed by atoms with Crippen molar-refractivity contribution in [3.8, 4) is 0 Å². The molecule has 2 heterocycles. The Morgan fingerprint density at radius 2 is 1.88 bits per heavy atom. The summed E-state index contributed by atoms with van der Waals surface area (Å²) >= 11 is 1.57. The number of rotatable bonds is 3. The van der Waals surface area contributed by atoms with Gasteiger partial charge in [0.05, 0.1) is 16.6 Å². The molecule has 0 bridgehead atoms. The van der Waals surface area contributed by atoms with Gasteiger partial charge in [-0.3, -0.25) is 9.59 Å². The van der Waals surface area contributed by atoms with Crippen LogP contribution >= 0.6 is 11.3 Å². The van der Waals surface area contributed by atoms with Gasteiger partial charge in [-0.1, -0.05) is 38.5 Å². The van der Waals surface area contributed by atoms with Crippen LogP contribution in [0.1, 0.15) is 83.8 Å². The van der Waals surface area contributed by atoms with E-state index in [2.05, 4.69) is 11.1 Å². The maximum atomic E-state index is 13.3. The van der Waals surface area contributed by atoms with E-state index in [-0.39, 0.29) is 31.0 Å². The predicted octanol–water partition coefficient (Wildman–Crippen LogP) is 5.54. The van der Waals surface area contributed by atoms with Crippen LogP contribution < -0.4 is 0 Å². The topological polar surface area (TPSA) is 96.7 Å². The van der Waals surface area contributed by atoms with E-state index in [9.17, 15) is 19.8 Å². The lowest BCUT2D eigenvalue weighted by molar-refractivity contribution is -0.183. The third-order valence-electron chi connectivity index (χ3n) is 6.50. The third-order valence-corrected chi connectivity index (χ3v) is 7.29. The van der Waals surface area contributed by atoms with Crippen molar-refractivity contribution < 1.29 is 24.5 Å². The number of carbonyl (C=O) groups is 2. The lowest BCUT2D eigenvalue weighted by Crippen LogP contribution is -2.47. The van der Waals surface area contributed by atoms with Crippen LogP contribution in [0.4, 0.5) is 0 Å². The van der Waals surface area contributed by atoms with Gasteiger partial charge in [0.1, 0.15) is 11.9 Å². The minimum atomic E-state index is -2.22. The first-order valence-electron chi connectivity index (χ1n) is 12.0. The number of Topliss-reactive ketones (excluding diaryl/α,β-unsaturated/α-hetero) is 1. The van der Waals surface area contributed by atoms with Gasteiger partial charge in [0, 0.05) is 23.6 Å². The molecule has 0 radical (unpaired) electrons. The molecule has 0 saturated heterocycles. The summed E-state index contributed by atoms with van der Waals surface area (Å²) in [6.07, 6.45) is 9.63. The molecule has 1 aromatic heterocycles. The predicted molar refractivity (Wildman–Crippen MR) is 136 cm³/mol. The van der Waals surface area contributed by atoms with Gasteiger partial charge in [-0.2, -0.15) is 0 Å². The summed E-state index contributed by atoms with van der Waals surface area (Å²) in [5.41, 5.74) is 1.41. The van der Waals surface area contributed by atoms with Crippen LogP contribution in [0.3, 0.4) is 0 Å². The zero-order valence-corrected chi connectivity index (χ0v) is 22.1. The van der Waals surface area contributed by atoms with Gasteiger partial charge in [0.15, 0.2) is 5.79 Å². The average molecular weight is 490 g/mol. The van der Waals surface area contributed by atoms with Crippen molar-refractivity contribution in [1.82, 2.24) is 4.98 Å². The minimum absolute atomic E-state index is 0.0662. The Morgan fingerprint density at radius 1 is 1.18 bits per heavy atom.